The van der Waals surface area contributed by atoms with Crippen LogP contribution in [0.15, 0.2) is 48.9 Å². The van der Waals surface area contributed by atoms with E-state index in [2.05, 4.69) is 15.3 Å². The first-order valence-electron chi connectivity index (χ1n) is 7.01. The Balaban J connectivity index is 1.63. The number of carbonyl (C=O) groups is 1. The van der Waals surface area contributed by atoms with Crippen LogP contribution in [0.5, 0.6) is 0 Å². The second-order valence-corrected chi connectivity index (χ2v) is 5.15. The summed E-state index contributed by atoms with van der Waals surface area (Å²) in [4.78, 5) is 20.2. The molecule has 3 heterocycles. The lowest BCUT2D eigenvalue weighted by Crippen LogP contribution is -2.40. The van der Waals surface area contributed by atoms with Crippen LogP contribution in [0.2, 0.25) is 0 Å². The molecule has 0 saturated carbocycles. The number of hydrogen-bond acceptors (Lipinski definition) is 4. The van der Waals surface area contributed by atoms with E-state index < -0.39 is 0 Å². The number of aromatic nitrogens is 2. The minimum atomic E-state index is -0.147. The maximum Gasteiger partial charge on any atom is 0.270 e. The van der Waals surface area contributed by atoms with Gasteiger partial charge in [0, 0.05) is 24.5 Å². The van der Waals surface area contributed by atoms with Gasteiger partial charge in [-0.25, -0.2) is 0 Å². The van der Waals surface area contributed by atoms with Crippen molar-refractivity contribution in [3.05, 3.63) is 60.2 Å². The van der Waals surface area contributed by atoms with Gasteiger partial charge in [-0.15, -0.1) is 0 Å². The third-order valence-corrected chi connectivity index (χ3v) is 3.66. The van der Waals surface area contributed by atoms with Crippen LogP contribution in [0.4, 0.5) is 0 Å². The predicted molar refractivity (Wildman–Crippen MR) is 77.7 cm³/mol. The molecule has 1 saturated heterocycles. The lowest BCUT2D eigenvalue weighted by Gasteiger charge is -2.18. The van der Waals surface area contributed by atoms with E-state index in [0.29, 0.717) is 18.9 Å². The SMILES string of the molecule is O=C(N[C@@H]1COC[C@H]1Cc1ccncc1)c1ccccn1. The monoisotopic (exact) mass is 283 g/mol. The van der Waals surface area contributed by atoms with Gasteiger partial charge in [-0.2, -0.15) is 0 Å². The molecular formula is C16H17N3O2. The molecular weight excluding hydrogens is 266 g/mol. The van der Waals surface area contributed by atoms with Crippen LogP contribution in [0.3, 0.4) is 0 Å². The van der Waals surface area contributed by atoms with Crippen molar-refractivity contribution in [1.29, 1.82) is 0 Å². The fourth-order valence-corrected chi connectivity index (χ4v) is 2.52. The fourth-order valence-electron chi connectivity index (χ4n) is 2.52. The molecule has 1 N–H and O–H groups in total. The van der Waals surface area contributed by atoms with Gasteiger partial charge < -0.3 is 10.1 Å². The molecule has 0 unspecified atom stereocenters. The molecule has 0 aliphatic carbocycles. The average molecular weight is 283 g/mol. The van der Waals surface area contributed by atoms with Crippen LogP contribution in [-0.2, 0) is 11.2 Å². The van der Waals surface area contributed by atoms with E-state index in [1.165, 1.54) is 5.56 Å². The highest BCUT2D eigenvalue weighted by atomic mass is 16.5. The van der Waals surface area contributed by atoms with Crippen molar-refractivity contribution < 1.29 is 9.53 Å². The molecule has 0 aromatic carbocycles. The minimum Gasteiger partial charge on any atom is -0.379 e. The molecule has 0 bridgehead atoms. The molecule has 1 amide bonds. The molecule has 5 nitrogen and oxygen atoms in total. The van der Waals surface area contributed by atoms with Crippen LogP contribution in [0.1, 0.15) is 16.1 Å². The van der Waals surface area contributed by atoms with Crippen molar-refractivity contribution in [1.82, 2.24) is 15.3 Å². The molecule has 2 aromatic rings. The molecule has 2 aromatic heterocycles. The van der Waals surface area contributed by atoms with Crippen LogP contribution >= 0.6 is 0 Å². The summed E-state index contributed by atoms with van der Waals surface area (Å²) in [6.07, 6.45) is 6.06. The molecule has 1 aliphatic rings. The number of pyridine rings is 2. The Bertz CT molecular complexity index is 589. The Labute approximate surface area is 123 Å². The van der Waals surface area contributed by atoms with Crippen molar-refractivity contribution in [3.63, 3.8) is 0 Å². The Morgan fingerprint density at radius 1 is 1.19 bits per heavy atom. The molecule has 1 aliphatic heterocycles. The highest BCUT2D eigenvalue weighted by Gasteiger charge is 2.30. The van der Waals surface area contributed by atoms with Gasteiger partial charge in [0.05, 0.1) is 19.3 Å². The van der Waals surface area contributed by atoms with E-state index in [1.54, 1.807) is 30.7 Å². The van der Waals surface area contributed by atoms with Crippen molar-refractivity contribution in [2.24, 2.45) is 5.92 Å². The smallest absolute Gasteiger partial charge is 0.270 e. The average Bonchev–Trinajstić information content (AvgIpc) is 2.96. The molecule has 5 heteroatoms. The third-order valence-electron chi connectivity index (χ3n) is 3.66. The van der Waals surface area contributed by atoms with Gasteiger partial charge >= 0.3 is 0 Å². The number of ether oxygens (including phenoxy) is 1. The van der Waals surface area contributed by atoms with Gasteiger partial charge in [0.15, 0.2) is 0 Å². The Morgan fingerprint density at radius 3 is 2.81 bits per heavy atom. The summed E-state index contributed by atoms with van der Waals surface area (Å²) in [5, 5.41) is 3.02. The van der Waals surface area contributed by atoms with Crippen LogP contribution < -0.4 is 5.32 Å². The van der Waals surface area contributed by atoms with Crippen LogP contribution in [0, 0.1) is 5.92 Å². The molecule has 108 valence electrons. The molecule has 21 heavy (non-hydrogen) atoms. The van der Waals surface area contributed by atoms with E-state index in [9.17, 15) is 4.79 Å². The lowest BCUT2D eigenvalue weighted by molar-refractivity contribution is 0.0920. The zero-order chi connectivity index (χ0) is 14.5. The van der Waals surface area contributed by atoms with Gasteiger partial charge in [-0.05, 0) is 36.2 Å². The first-order chi connectivity index (χ1) is 10.3. The summed E-state index contributed by atoms with van der Waals surface area (Å²) in [5.74, 6) is 0.130. The summed E-state index contributed by atoms with van der Waals surface area (Å²) < 4.78 is 5.53. The summed E-state index contributed by atoms with van der Waals surface area (Å²) in [6.45, 7) is 1.21. The van der Waals surface area contributed by atoms with E-state index in [4.69, 9.17) is 4.74 Å². The molecule has 2 atom stereocenters. The van der Waals surface area contributed by atoms with Crippen molar-refractivity contribution in [2.45, 2.75) is 12.5 Å². The highest BCUT2D eigenvalue weighted by Crippen LogP contribution is 2.19. The Hall–Kier alpha value is -2.27. The van der Waals surface area contributed by atoms with Crippen molar-refractivity contribution in [2.75, 3.05) is 13.2 Å². The summed E-state index contributed by atoms with van der Waals surface area (Å²) in [6, 6.07) is 9.32. The first kappa shape index (κ1) is 13.7. The van der Waals surface area contributed by atoms with Gasteiger partial charge in [0.2, 0.25) is 0 Å². The van der Waals surface area contributed by atoms with Gasteiger partial charge in [0.1, 0.15) is 5.69 Å². The highest BCUT2D eigenvalue weighted by molar-refractivity contribution is 5.92. The first-order valence-corrected chi connectivity index (χ1v) is 7.01. The van der Waals surface area contributed by atoms with Gasteiger partial charge in [-0.1, -0.05) is 6.07 Å². The number of amides is 1. The fraction of sp³-hybridized carbons (Fsp3) is 0.312. The number of nitrogens with zero attached hydrogens (tertiary/aromatic N) is 2. The zero-order valence-electron chi connectivity index (χ0n) is 11.6. The molecule has 0 spiro atoms. The van der Waals surface area contributed by atoms with E-state index in [-0.39, 0.29) is 17.9 Å². The minimum absolute atomic E-state index is 0.0210. The summed E-state index contributed by atoms with van der Waals surface area (Å²) >= 11 is 0. The second kappa shape index (κ2) is 6.45. The maximum atomic E-state index is 12.2. The van der Waals surface area contributed by atoms with Crippen molar-refractivity contribution >= 4 is 5.91 Å². The number of rotatable bonds is 4. The normalized spacial score (nSPS) is 21.1. The Kier molecular flexibility index (Phi) is 4.21. The molecule has 3 rings (SSSR count). The number of hydrogen-bond donors (Lipinski definition) is 1. The number of carbonyl (C=O) groups excluding carboxylic acids is 1. The number of nitrogens with one attached hydrogen (secondary N) is 1. The molecule has 0 radical (unpaired) electrons. The third kappa shape index (κ3) is 3.44. The van der Waals surface area contributed by atoms with Gasteiger partial charge in [0.25, 0.3) is 5.91 Å². The zero-order valence-corrected chi connectivity index (χ0v) is 11.6. The van der Waals surface area contributed by atoms with Crippen LogP contribution in [-0.4, -0.2) is 35.1 Å². The summed E-state index contributed by atoms with van der Waals surface area (Å²) in [5.41, 5.74) is 1.64. The second-order valence-electron chi connectivity index (χ2n) is 5.15. The standard InChI is InChI=1S/C16H17N3O2/c20-16(14-3-1-2-6-18-14)19-15-11-21-10-13(15)9-12-4-7-17-8-5-12/h1-8,13,15H,9-11H2,(H,19,20)/t13-,15-/m1/s1. The Morgan fingerprint density at radius 2 is 2.05 bits per heavy atom. The maximum absolute atomic E-state index is 12.2. The van der Waals surface area contributed by atoms with E-state index in [0.717, 1.165) is 6.42 Å². The van der Waals surface area contributed by atoms with E-state index in [1.807, 2.05) is 18.2 Å². The van der Waals surface area contributed by atoms with Gasteiger partial charge in [-0.3, -0.25) is 14.8 Å². The quantitative estimate of drug-likeness (QED) is 0.922. The molecule has 1 fully saturated rings. The van der Waals surface area contributed by atoms with Crippen LogP contribution in [0.25, 0.3) is 0 Å². The van der Waals surface area contributed by atoms with Crippen molar-refractivity contribution in [3.8, 4) is 0 Å². The summed E-state index contributed by atoms with van der Waals surface area (Å²) in [7, 11) is 0. The predicted octanol–water partition coefficient (Wildman–Crippen LogP) is 1.46. The lowest BCUT2D eigenvalue weighted by atomic mass is 9.95. The van der Waals surface area contributed by atoms with E-state index >= 15 is 0 Å². The topological polar surface area (TPSA) is 64.1 Å². The largest absolute Gasteiger partial charge is 0.379 e.